The van der Waals surface area contributed by atoms with Crippen LogP contribution in [0.5, 0.6) is 5.75 Å². The minimum absolute atomic E-state index is 0.0469. The number of ether oxygens (including phenoxy) is 1. The van der Waals surface area contributed by atoms with Crippen LogP contribution in [0.3, 0.4) is 0 Å². The maximum atomic E-state index is 5.70. The van der Waals surface area contributed by atoms with Crippen LogP contribution >= 0.6 is 0 Å². The largest absolute Gasteiger partial charge is 0.497 e. The Hall–Kier alpha value is -1.51. The van der Waals surface area contributed by atoms with Gasteiger partial charge < -0.3 is 9.57 Å². The second kappa shape index (κ2) is 4.30. The van der Waals surface area contributed by atoms with Crippen molar-refractivity contribution in [1.82, 2.24) is 0 Å². The van der Waals surface area contributed by atoms with Crippen LogP contribution in [-0.2, 0) is 4.84 Å². The molecule has 1 aromatic carbocycles. The Morgan fingerprint density at radius 3 is 2.78 bits per heavy atom. The minimum Gasteiger partial charge on any atom is -0.497 e. The summed E-state index contributed by atoms with van der Waals surface area (Å²) >= 11 is 0. The van der Waals surface area contributed by atoms with E-state index in [0.717, 1.165) is 29.9 Å². The molecule has 1 unspecified atom stereocenters. The third-order valence-electron chi connectivity index (χ3n) is 4.02. The van der Waals surface area contributed by atoms with E-state index in [-0.39, 0.29) is 5.60 Å². The van der Waals surface area contributed by atoms with Crippen molar-refractivity contribution < 1.29 is 9.57 Å². The van der Waals surface area contributed by atoms with Gasteiger partial charge in [0.2, 0.25) is 0 Å². The van der Waals surface area contributed by atoms with Crippen LogP contribution in [0.15, 0.2) is 29.4 Å². The monoisotopic (exact) mass is 245 g/mol. The lowest BCUT2D eigenvalue weighted by molar-refractivity contribution is 0.0390. The van der Waals surface area contributed by atoms with E-state index in [0.29, 0.717) is 5.92 Å². The third kappa shape index (κ3) is 1.78. The second-order valence-corrected chi connectivity index (χ2v) is 5.22. The molecule has 96 valence electrons. The van der Waals surface area contributed by atoms with Crippen LogP contribution in [-0.4, -0.2) is 18.4 Å². The molecule has 18 heavy (non-hydrogen) atoms. The molecule has 0 amide bonds. The van der Waals surface area contributed by atoms with Crippen molar-refractivity contribution in [2.75, 3.05) is 7.11 Å². The Morgan fingerprint density at radius 1 is 1.39 bits per heavy atom. The molecule has 1 aliphatic heterocycles. The smallest absolute Gasteiger partial charge is 0.147 e. The molecule has 0 spiro atoms. The van der Waals surface area contributed by atoms with Crippen molar-refractivity contribution in [1.29, 1.82) is 0 Å². The Kier molecular flexibility index (Phi) is 2.77. The highest BCUT2D eigenvalue weighted by atomic mass is 16.7. The zero-order valence-corrected chi connectivity index (χ0v) is 11.0. The topological polar surface area (TPSA) is 30.8 Å². The second-order valence-electron chi connectivity index (χ2n) is 5.22. The van der Waals surface area contributed by atoms with E-state index in [9.17, 15) is 0 Å². The number of hydrogen-bond acceptors (Lipinski definition) is 3. The Morgan fingerprint density at radius 2 is 2.17 bits per heavy atom. The molecule has 2 aliphatic rings. The van der Waals surface area contributed by atoms with Gasteiger partial charge in [0.15, 0.2) is 0 Å². The highest BCUT2D eigenvalue weighted by Crippen LogP contribution is 2.56. The summed E-state index contributed by atoms with van der Waals surface area (Å²) in [6.07, 6.45) is 4.72. The maximum Gasteiger partial charge on any atom is 0.147 e. The number of hydrogen-bond donors (Lipinski definition) is 0. The van der Waals surface area contributed by atoms with Crippen LogP contribution in [0.1, 0.15) is 38.2 Å². The first kappa shape index (κ1) is 11.6. The van der Waals surface area contributed by atoms with Gasteiger partial charge in [-0.2, -0.15) is 0 Å². The maximum absolute atomic E-state index is 5.70. The van der Waals surface area contributed by atoms with Gasteiger partial charge in [0.1, 0.15) is 11.4 Å². The molecule has 0 radical (unpaired) electrons. The lowest BCUT2D eigenvalue weighted by Crippen LogP contribution is -2.11. The van der Waals surface area contributed by atoms with Crippen LogP contribution in [0.4, 0.5) is 0 Å². The molecule has 3 nitrogen and oxygen atoms in total. The number of nitrogens with zero attached hydrogens (tertiary/aromatic N) is 1. The van der Waals surface area contributed by atoms with Gasteiger partial charge in [0.05, 0.1) is 18.7 Å². The third-order valence-corrected chi connectivity index (χ3v) is 4.02. The fraction of sp³-hybridized carbons (Fsp3) is 0.533. The molecule has 0 N–H and O–H groups in total. The van der Waals surface area contributed by atoms with Gasteiger partial charge in [0, 0.05) is 12.0 Å². The predicted octanol–water partition coefficient (Wildman–Crippen LogP) is 3.38. The van der Waals surface area contributed by atoms with Crippen LogP contribution in [0.25, 0.3) is 0 Å². The summed E-state index contributed by atoms with van der Waals surface area (Å²) in [5.74, 6) is 1.39. The molecule has 3 rings (SSSR count). The SMILES string of the molecule is CCCCC12C[C@H]1C(c1ccc(OC)cc1)=NO2. The lowest BCUT2D eigenvalue weighted by Gasteiger charge is -2.08. The number of unbranched alkanes of at least 4 members (excludes halogenated alkanes) is 1. The first-order valence-electron chi connectivity index (χ1n) is 6.69. The highest BCUT2D eigenvalue weighted by Gasteiger charge is 2.63. The van der Waals surface area contributed by atoms with Gasteiger partial charge in [0.25, 0.3) is 0 Å². The van der Waals surface area contributed by atoms with Gasteiger partial charge in [-0.3, -0.25) is 0 Å². The molecule has 1 aliphatic carbocycles. The van der Waals surface area contributed by atoms with Crippen molar-refractivity contribution >= 4 is 5.71 Å². The number of oxime groups is 1. The minimum atomic E-state index is 0.0469. The van der Waals surface area contributed by atoms with Crippen molar-refractivity contribution in [2.45, 2.75) is 38.2 Å². The average Bonchev–Trinajstić information content (AvgIpc) is 3.03. The quantitative estimate of drug-likeness (QED) is 0.796. The van der Waals surface area contributed by atoms with Crippen molar-refractivity contribution in [2.24, 2.45) is 11.1 Å². The number of rotatable bonds is 5. The first-order valence-corrected chi connectivity index (χ1v) is 6.69. The molecule has 1 fully saturated rings. The summed E-state index contributed by atoms with van der Waals surface area (Å²) < 4.78 is 5.17. The Balaban J connectivity index is 1.72. The average molecular weight is 245 g/mol. The van der Waals surface area contributed by atoms with Gasteiger partial charge in [-0.15, -0.1) is 0 Å². The molecular weight excluding hydrogens is 226 g/mol. The summed E-state index contributed by atoms with van der Waals surface area (Å²) in [7, 11) is 1.68. The molecule has 1 saturated carbocycles. The lowest BCUT2D eigenvalue weighted by atomic mass is 10.0. The van der Waals surface area contributed by atoms with E-state index < -0.39 is 0 Å². The first-order chi connectivity index (χ1) is 8.79. The molecule has 0 aromatic heterocycles. The molecular formula is C15H19NO2. The summed E-state index contributed by atoms with van der Waals surface area (Å²) in [6.45, 7) is 2.22. The van der Waals surface area contributed by atoms with Crippen LogP contribution in [0.2, 0.25) is 0 Å². The summed E-state index contributed by atoms with van der Waals surface area (Å²) in [6, 6.07) is 8.09. The van der Waals surface area contributed by atoms with Crippen LogP contribution < -0.4 is 4.74 Å². The van der Waals surface area contributed by atoms with Gasteiger partial charge >= 0.3 is 0 Å². The zero-order chi connectivity index (χ0) is 12.6. The standard InChI is InChI=1S/C15H19NO2/c1-3-4-9-15-10-13(15)14(16-18-15)11-5-7-12(17-2)8-6-11/h5-8,13H,3-4,9-10H2,1-2H3/t13-,15?/m0/s1. The van der Waals surface area contributed by atoms with E-state index in [4.69, 9.17) is 9.57 Å². The van der Waals surface area contributed by atoms with Gasteiger partial charge in [-0.25, -0.2) is 0 Å². The van der Waals surface area contributed by atoms with Crippen molar-refractivity contribution in [3.05, 3.63) is 29.8 Å². The summed E-state index contributed by atoms with van der Waals surface area (Å²) in [4.78, 5) is 5.70. The van der Waals surface area contributed by atoms with E-state index in [2.05, 4.69) is 24.2 Å². The fourth-order valence-electron chi connectivity index (χ4n) is 2.75. The van der Waals surface area contributed by atoms with E-state index in [1.54, 1.807) is 7.11 Å². The normalized spacial score (nSPS) is 28.3. The fourth-order valence-corrected chi connectivity index (χ4v) is 2.75. The van der Waals surface area contributed by atoms with Crippen LogP contribution in [0, 0.1) is 5.92 Å². The number of benzene rings is 1. The van der Waals surface area contributed by atoms with Gasteiger partial charge in [-0.1, -0.05) is 18.5 Å². The van der Waals surface area contributed by atoms with E-state index in [1.807, 2.05) is 12.1 Å². The van der Waals surface area contributed by atoms with Crippen molar-refractivity contribution in [3.8, 4) is 5.75 Å². The number of methoxy groups -OCH3 is 1. The Labute approximate surface area is 108 Å². The van der Waals surface area contributed by atoms with E-state index in [1.165, 1.54) is 12.8 Å². The zero-order valence-electron chi connectivity index (χ0n) is 11.0. The summed E-state index contributed by atoms with van der Waals surface area (Å²) in [5.41, 5.74) is 2.33. The molecule has 3 heteroatoms. The predicted molar refractivity (Wildman–Crippen MR) is 71.0 cm³/mol. The van der Waals surface area contributed by atoms with E-state index >= 15 is 0 Å². The molecule has 1 aromatic rings. The molecule has 1 heterocycles. The molecule has 0 bridgehead atoms. The Bertz CT molecular complexity index is 466. The number of fused-ring (bicyclic) bond motifs is 1. The van der Waals surface area contributed by atoms with Gasteiger partial charge in [-0.05, 0) is 37.1 Å². The van der Waals surface area contributed by atoms with Crippen molar-refractivity contribution in [3.63, 3.8) is 0 Å². The molecule has 2 atom stereocenters. The highest BCUT2D eigenvalue weighted by molar-refractivity contribution is 6.05. The molecule has 0 saturated heterocycles. The summed E-state index contributed by atoms with van der Waals surface area (Å²) in [5, 5.41) is 4.29.